The Hall–Kier alpha value is -3.44. The van der Waals surface area contributed by atoms with E-state index in [9.17, 15) is 4.79 Å². The number of imidazole rings is 1. The van der Waals surface area contributed by atoms with Crippen molar-refractivity contribution < 1.29 is 4.79 Å². The van der Waals surface area contributed by atoms with Crippen LogP contribution in [0.3, 0.4) is 0 Å². The van der Waals surface area contributed by atoms with E-state index in [4.69, 9.17) is 4.98 Å². The summed E-state index contributed by atoms with van der Waals surface area (Å²) < 4.78 is 2.40. The fourth-order valence-corrected chi connectivity index (χ4v) is 5.28. The summed E-state index contributed by atoms with van der Waals surface area (Å²) in [6, 6.07) is 25.4. The van der Waals surface area contributed by atoms with E-state index in [1.165, 1.54) is 22.2 Å². The van der Waals surface area contributed by atoms with Crippen LogP contribution < -0.4 is 5.32 Å². The number of aryl methyl sites for hydroxylation is 2. The van der Waals surface area contributed by atoms with Gasteiger partial charge in [-0.15, -0.1) is 0 Å². The Labute approximate surface area is 207 Å². The summed E-state index contributed by atoms with van der Waals surface area (Å²) >= 11 is 0. The molecule has 5 heteroatoms. The first-order chi connectivity index (χ1) is 17.1. The van der Waals surface area contributed by atoms with Gasteiger partial charge in [-0.05, 0) is 87.1 Å². The summed E-state index contributed by atoms with van der Waals surface area (Å²) in [5.41, 5.74) is 6.96. The third-order valence-corrected chi connectivity index (χ3v) is 7.06. The number of aromatic nitrogens is 2. The van der Waals surface area contributed by atoms with E-state index in [2.05, 4.69) is 88.4 Å². The second kappa shape index (κ2) is 10.4. The Kier molecular flexibility index (Phi) is 6.96. The molecule has 0 saturated carbocycles. The molecule has 0 atom stereocenters. The number of hydrogen-bond acceptors (Lipinski definition) is 3. The van der Waals surface area contributed by atoms with Crippen LogP contribution in [0, 0.1) is 6.92 Å². The maximum absolute atomic E-state index is 11.4. The molecule has 1 fully saturated rings. The van der Waals surface area contributed by atoms with E-state index in [0.29, 0.717) is 5.92 Å². The van der Waals surface area contributed by atoms with E-state index in [0.717, 1.165) is 62.5 Å². The van der Waals surface area contributed by atoms with Crippen LogP contribution in [0.1, 0.15) is 43.2 Å². The molecule has 2 heterocycles. The fourth-order valence-electron chi connectivity index (χ4n) is 5.28. The van der Waals surface area contributed by atoms with Gasteiger partial charge in [0.1, 0.15) is 5.82 Å². The van der Waals surface area contributed by atoms with Gasteiger partial charge in [0.15, 0.2) is 0 Å². The molecule has 1 aliphatic rings. The minimum atomic E-state index is -0.0202. The molecule has 0 unspecified atom stereocenters. The van der Waals surface area contributed by atoms with Crippen molar-refractivity contribution in [1.29, 1.82) is 0 Å². The summed E-state index contributed by atoms with van der Waals surface area (Å²) in [5.74, 6) is 1.60. The Bertz CT molecular complexity index is 1300. The standard InChI is InChI=1S/C30H34N4O/c1-22-12-13-28-29(20-22)34(30(32-28)25-8-4-3-5-9-25)17-7-16-33-18-14-24(15-19-33)26-10-6-11-27(21-26)31-23(2)35/h3-6,8-13,20-21,24H,7,14-19H2,1-2H3,(H,31,35). The number of carbonyl (C=O) groups excluding carboxylic acids is 1. The number of nitrogens with one attached hydrogen (secondary N) is 1. The summed E-state index contributed by atoms with van der Waals surface area (Å²) in [6.45, 7) is 7.99. The van der Waals surface area contributed by atoms with Crippen molar-refractivity contribution in [2.45, 2.75) is 45.6 Å². The highest BCUT2D eigenvalue weighted by Gasteiger charge is 2.21. The van der Waals surface area contributed by atoms with E-state index < -0.39 is 0 Å². The number of carbonyl (C=O) groups is 1. The van der Waals surface area contributed by atoms with Crippen LogP contribution in [0.25, 0.3) is 22.4 Å². The maximum Gasteiger partial charge on any atom is 0.221 e. The molecule has 35 heavy (non-hydrogen) atoms. The van der Waals surface area contributed by atoms with Crippen LogP contribution in [-0.2, 0) is 11.3 Å². The lowest BCUT2D eigenvalue weighted by Gasteiger charge is -2.32. The van der Waals surface area contributed by atoms with Gasteiger partial charge >= 0.3 is 0 Å². The Morgan fingerprint density at radius 3 is 2.54 bits per heavy atom. The van der Waals surface area contributed by atoms with Crippen molar-refractivity contribution in [3.63, 3.8) is 0 Å². The molecular formula is C30H34N4O. The Morgan fingerprint density at radius 2 is 1.77 bits per heavy atom. The number of nitrogens with zero attached hydrogens (tertiary/aromatic N) is 3. The predicted molar refractivity (Wildman–Crippen MR) is 144 cm³/mol. The molecule has 0 aliphatic carbocycles. The lowest BCUT2D eigenvalue weighted by Crippen LogP contribution is -2.34. The molecule has 5 rings (SSSR count). The molecular weight excluding hydrogens is 432 g/mol. The van der Waals surface area contributed by atoms with Crippen LogP contribution in [-0.4, -0.2) is 40.0 Å². The fraction of sp³-hybridized carbons (Fsp3) is 0.333. The number of likely N-dealkylation sites (tertiary alicyclic amines) is 1. The SMILES string of the molecule is CC(=O)Nc1cccc(C2CCN(CCCn3c(-c4ccccc4)nc4ccc(C)cc43)CC2)c1. The largest absolute Gasteiger partial charge is 0.326 e. The molecule has 1 amide bonds. The van der Waals surface area contributed by atoms with Gasteiger partial charge in [0.05, 0.1) is 11.0 Å². The van der Waals surface area contributed by atoms with E-state index in [-0.39, 0.29) is 5.91 Å². The Balaban J connectivity index is 1.22. The first-order valence-electron chi connectivity index (χ1n) is 12.7. The molecule has 0 spiro atoms. The van der Waals surface area contributed by atoms with E-state index in [1.807, 2.05) is 6.07 Å². The normalized spacial score (nSPS) is 14.9. The van der Waals surface area contributed by atoms with Gasteiger partial charge < -0.3 is 14.8 Å². The minimum absolute atomic E-state index is 0.0202. The lowest BCUT2D eigenvalue weighted by molar-refractivity contribution is -0.114. The number of piperidine rings is 1. The number of anilines is 1. The molecule has 0 bridgehead atoms. The summed E-state index contributed by atoms with van der Waals surface area (Å²) in [5, 5.41) is 2.91. The lowest BCUT2D eigenvalue weighted by atomic mass is 9.89. The molecule has 1 aliphatic heterocycles. The summed E-state index contributed by atoms with van der Waals surface area (Å²) in [6.07, 6.45) is 3.42. The molecule has 3 aromatic carbocycles. The molecule has 4 aromatic rings. The topological polar surface area (TPSA) is 50.2 Å². The molecule has 5 nitrogen and oxygen atoms in total. The van der Waals surface area contributed by atoms with Crippen LogP contribution >= 0.6 is 0 Å². The van der Waals surface area contributed by atoms with Gasteiger partial charge in [-0.25, -0.2) is 4.98 Å². The average Bonchev–Trinajstić information content (AvgIpc) is 3.22. The highest BCUT2D eigenvalue weighted by atomic mass is 16.1. The molecule has 1 saturated heterocycles. The van der Waals surface area contributed by atoms with Crippen molar-refractivity contribution in [3.05, 3.63) is 83.9 Å². The maximum atomic E-state index is 11.4. The number of rotatable bonds is 7. The van der Waals surface area contributed by atoms with Crippen molar-refractivity contribution in [3.8, 4) is 11.4 Å². The van der Waals surface area contributed by atoms with E-state index >= 15 is 0 Å². The summed E-state index contributed by atoms with van der Waals surface area (Å²) in [7, 11) is 0. The number of hydrogen-bond donors (Lipinski definition) is 1. The van der Waals surface area contributed by atoms with Gasteiger partial charge in [0, 0.05) is 24.7 Å². The predicted octanol–water partition coefficient (Wildman–Crippen LogP) is 6.24. The molecule has 180 valence electrons. The van der Waals surface area contributed by atoms with Gasteiger partial charge in [-0.2, -0.15) is 0 Å². The second-order valence-electron chi connectivity index (χ2n) is 9.72. The van der Waals surface area contributed by atoms with Crippen molar-refractivity contribution in [1.82, 2.24) is 14.5 Å². The van der Waals surface area contributed by atoms with Crippen molar-refractivity contribution in [2.75, 3.05) is 25.0 Å². The third-order valence-electron chi connectivity index (χ3n) is 7.06. The highest BCUT2D eigenvalue weighted by Crippen LogP contribution is 2.30. The Morgan fingerprint density at radius 1 is 0.971 bits per heavy atom. The first-order valence-corrected chi connectivity index (χ1v) is 12.7. The number of fused-ring (bicyclic) bond motifs is 1. The smallest absolute Gasteiger partial charge is 0.221 e. The number of amides is 1. The van der Waals surface area contributed by atoms with Gasteiger partial charge in [-0.1, -0.05) is 48.5 Å². The van der Waals surface area contributed by atoms with E-state index in [1.54, 1.807) is 6.92 Å². The van der Waals surface area contributed by atoms with Crippen molar-refractivity contribution >= 4 is 22.6 Å². The number of benzene rings is 3. The zero-order valence-electron chi connectivity index (χ0n) is 20.7. The van der Waals surface area contributed by atoms with Gasteiger partial charge in [0.2, 0.25) is 5.91 Å². The third kappa shape index (κ3) is 5.46. The minimum Gasteiger partial charge on any atom is -0.326 e. The highest BCUT2D eigenvalue weighted by molar-refractivity contribution is 5.88. The zero-order valence-corrected chi connectivity index (χ0v) is 20.7. The van der Waals surface area contributed by atoms with Crippen LogP contribution in [0.2, 0.25) is 0 Å². The molecule has 1 N–H and O–H groups in total. The van der Waals surface area contributed by atoms with Crippen LogP contribution in [0.15, 0.2) is 72.8 Å². The second-order valence-corrected chi connectivity index (χ2v) is 9.72. The monoisotopic (exact) mass is 466 g/mol. The average molecular weight is 467 g/mol. The zero-order chi connectivity index (χ0) is 24.2. The van der Waals surface area contributed by atoms with Crippen molar-refractivity contribution in [2.24, 2.45) is 0 Å². The van der Waals surface area contributed by atoms with Gasteiger partial charge in [-0.3, -0.25) is 4.79 Å². The summed E-state index contributed by atoms with van der Waals surface area (Å²) in [4.78, 5) is 19.0. The quantitative estimate of drug-likeness (QED) is 0.351. The first kappa shape index (κ1) is 23.3. The molecule has 0 radical (unpaired) electrons. The van der Waals surface area contributed by atoms with Crippen LogP contribution in [0.5, 0.6) is 0 Å². The van der Waals surface area contributed by atoms with Gasteiger partial charge in [0.25, 0.3) is 0 Å². The molecule has 1 aromatic heterocycles. The van der Waals surface area contributed by atoms with Crippen LogP contribution in [0.4, 0.5) is 5.69 Å².